The van der Waals surface area contributed by atoms with Crippen molar-refractivity contribution in [3.8, 4) is 5.75 Å². The van der Waals surface area contributed by atoms with E-state index in [-0.39, 0.29) is 11.1 Å². The molecule has 3 aromatic rings. The second-order valence-electron chi connectivity index (χ2n) is 6.03. The minimum absolute atomic E-state index is 0.108. The quantitative estimate of drug-likeness (QED) is 0.768. The summed E-state index contributed by atoms with van der Waals surface area (Å²) in [7, 11) is 1.60. The lowest BCUT2D eigenvalue weighted by Gasteiger charge is -2.10. The van der Waals surface area contributed by atoms with Gasteiger partial charge in [-0.1, -0.05) is 24.3 Å². The van der Waals surface area contributed by atoms with Gasteiger partial charge in [-0.2, -0.15) is 0 Å². The number of hydrogen-bond donors (Lipinski definition) is 1. The van der Waals surface area contributed by atoms with Crippen LogP contribution in [0.2, 0.25) is 0 Å². The van der Waals surface area contributed by atoms with Crippen molar-refractivity contribution in [1.82, 2.24) is 4.57 Å². The Kier molecular flexibility index (Phi) is 5.17. The largest absolute Gasteiger partial charge is 0.497 e. The highest BCUT2D eigenvalue weighted by Gasteiger charge is 2.13. The molecule has 0 aliphatic heterocycles. The van der Waals surface area contributed by atoms with Crippen LogP contribution >= 0.6 is 0 Å². The topological polar surface area (TPSA) is 60.3 Å². The van der Waals surface area contributed by atoms with Crippen molar-refractivity contribution >= 4 is 11.6 Å². The molecular formula is C21H20N2O3. The van der Waals surface area contributed by atoms with Crippen molar-refractivity contribution in [2.75, 3.05) is 12.4 Å². The number of pyridine rings is 1. The Hall–Kier alpha value is -3.34. The standard InChI is InChI=1S/C21H20N2O3/c1-15-6-3-8-17(12-15)22-20(24)19-10-5-11-23(21(19)25)14-16-7-4-9-18(13-16)26-2/h3-13H,14H2,1-2H3,(H,22,24). The molecule has 0 atom stereocenters. The molecule has 26 heavy (non-hydrogen) atoms. The number of methoxy groups -OCH3 is 1. The van der Waals surface area contributed by atoms with E-state index in [1.807, 2.05) is 49.4 Å². The van der Waals surface area contributed by atoms with Gasteiger partial charge in [0.05, 0.1) is 13.7 Å². The molecule has 5 heteroatoms. The van der Waals surface area contributed by atoms with Crippen molar-refractivity contribution in [3.05, 3.63) is 93.9 Å². The van der Waals surface area contributed by atoms with Gasteiger partial charge in [0.15, 0.2) is 0 Å². The Morgan fingerprint density at radius 2 is 1.88 bits per heavy atom. The number of benzene rings is 2. The predicted molar refractivity (Wildman–Crippen MR) is 102 cm³/mol. The van der Waals surface area contributed by atoms with Crippen LogP contribution in [0.25, 0.3) is 0 Å². The lowest BCUT2D eigenvalue weighted by molar-refractivity contribution is 0.102. The number of nitrogens with one attached hydrogen (secondary N) is 1. The number of amides is 1. The molecule has 1 heterocycles. The highest BCUT2D eigenvalue weighted by molar-refractivity contribution is 6.04. The van der Waals surface area contributed by atoms with Crippen molar-refractivity contribution in [1.29, 1.82) is 0 Å². The first-order valence-electron chi connectivity index (χ1n) is 8.27. The van der Waals surface area contributed by atoms with Crippen LogP contribution < -0.4 is 15.6 Å². The molecule has 0 aliphatic carbocycles. The first-order chi connectivity index (χ1) is 12.6. The van der Waals surface area contributed by atoms with Gasteiger partial charge in [-0.3, -0.25) is 9.59 Å². The van der Waals surface area contributed by atoms with Gasteiger partial charge in [-0.15, -0.1) is 0 Å². The molecule has 0 saturated carbocycles. The number of aryl methyl sites for hydroxylation is 1. The Balaban J connectivity index is 1.84. The van der Waals surface area contributed by atoms with Crippen molar-refractivity contribution in [3.63, 3.8) is 0 Å². The Morgan fingerprint density at radius 3 is 2.65 bits per heavy atom. The lowest BCUT2D eigenvalue weighted by Crippen LogP contribution is -2.29. The number of hydrogen-bond acceptors (Lipinski definition) is 3. The van der Waals surface area contributed by atoms with Crippen LogP contribution in [0.15, 0.2) is 71.7 Å². The summed E-state index contributed by atoms with van der Waals surface area (Å²) in [6.07, 6.45) is 1.67. The van der Waals surface area contributed by atoms with E-state index in [2.05, 4.69) is 5.32 Å². The number of carbonyl (C=O) groups excluding carboxylic acids is 1. The van der Waals surface area contributed by atoms with E-state index in [1.165, 1.54) is 10.6 Å². The number of carbonyl (C=O) groups is 1. The van der Waals surface area contributed by atoms with Gasteiger partial charge >= 0.3 is 0 Å². The van der Waals surface area contributed by atoms with E-state index in [9.17, 15) is 9.59 Å². The van der Waals surface area contributed by atoms with Crippen LogP contribution in [0.4, 0.5) is 5.69 Å². The molecule has 0 bridgehead atoms. The molecule has 3 rings (SSSR count). The van der Waals surface area contributed by atoms with Crippen LogP contribution in [0.5, 0.6) is 5.75 Å². The van der Waals surface area contributed by atoms with E-state index in [4.69, 9.17) is 4.74 Å². The fourth-order valence-corrected chi connectivity index (χ4v) is 2.72. The molecular weight excluding hydrogens is 328 g/mol. The van der Waals surface area contributed by atoms with Crippen molar-refractivity contribution in [2.45, 2.75) is 13.5 Å². The maximum absolute atomic E-state index is 12.7. The zero-order valence-corrected chi connectivity index (χ0v) is 14.7. The minimum Gasteiger partial charge on any atom is -0.497 e. The molecule has 0 fully saturated rings. The van der Waals surface area contributed by atoms with Crippen LogP contribution in [0, 0.1) is 6.92 Å². The third kappa shape index (κ3) is 4.00. The average Bonchev–Trinajstić information content (AvgIpc) is 2.63. The molecule has 5 nitrogen and oxygen atoms in total. The molecule has 0 radical (unpaired) electrons. The SMILES string of the molecule is COc1cccc(Cn2cccc(C(=O)Nc3cccc(C)c3)c2=O)c1. The monoisotopic (exact) mass is 348 g/mol. The zero-order valence-electron chi connectivity index (χ0n) is 14.7. The number of nitrogens with zero attached hydrogens (tertiary/aromatic N) is 1. The van der Waals surface area contributed by atoms with Gasteiger partial charge in [-0.25, -0.2) is 0 Å². The van der Waals surface area contributed by atoms with E-state index in [1.54, 1.807) is 25.4 Å². The second-order valence-corrected chi connectivity index (χ2v) is 6.03. The van der Waals surface area contributed by atoms with Crippen LogP contribution in [-0.4, -0.2) is 17.6 Å². The predicted octanol–water partition coefficient (Wildman–Crippen LogP) is 3.47. The zero-order chi connectivity index (χ0) is 18.5. The van der Waals surface area contributed by atoms with Gasteiger partial charge < -0.3 is 14.6 Å². The second kappa shape index (κ2) is 7.70. The summed E-state index contributed by atoms with van der Waals surface area (Å²) in [4.78, 5) is 25.2. The number of anilines is 1. The average molecular weight is 348 g/mol. The van der Waals surface area contributed by atoms with E-state index < -0.39 is 5.91 Å². The summed E-state index contributed by atoms with van der Waals surface area (Å²) in [5, 5.41) is 2.78. The Labute approximate surface area is 151 Å². The smallest absolute Gasteiger partial charge is 0.263 e. The summed E-state index contributed by atoms with van der Waals surface area (Å²) >= 11 is 0. The molecule has 0 spiro atoms. The maximum atomic E-state index is 12.7. The number of ether oxygens (including phenoxy) is 1. The molecule has 2 aromatic carbocycles. The highest BCUT2D eigenvalue weighted by atomic mass is 16.5. The fraction of sp³-hybridized carbons (Fsp3) is 0.143. The highest BCUT2D eigenvalue weighted by Crippen LogP contribution is 2.14. The third-order valence-corrected chi connectivity index (χ3v) is 4.03. The molecule has 1 aromatic heterocycles. The van der Waals surface area contributed by atoms with E-state index in [0.717, 1.165) is 16.9 Å². The first-order valence-corrected chi connectivity index (χ1v) is 8.27. The number of rotatable bonds is 5. The summed E-state index contributed by atoms with van der Waals surface area (Å²) in [5.74, 6) is 0.310. The van der Waals surface area contributed by atoms with Gasteiger partial charge in [0.1, 0.15) is 11.3 Å². The van der Waals surface area contributed by atoms with E-state index >= 15 is 0 Å². The molecule has 1 amide bonds. The molecule has 0 aliphatic rings. The van der Waals surface area contributed by atoms with E-state index in [0.29, 0.717) is 12.2 Å². The van der Waals surface area contributed by atoms with Crippen molar-refractivity contribution in [2.24, 2.45) is 0 Å². The van der Waals surface area contributed by atoms with Gasteiger partial charge in [0.2, 0.25) is 0 Å². The Bertz CT molecular complexity index is 992. The molecule has 0 unspecified atom stereocenters. The van der Waals surface area contributed by atoms with Crippen LogP contribution in [-0.2, 0) is 6.54 Å². The summed E-state index contributed by atoms with van der Waals surface area (Å²) < 4.78 is 6.72. The molecule has 0 saturated heterocycles. The Morgan fingerprint density at radius 1 is 1.08 bits per heavy atom. The normalized spacial score (nSPS) is 10.4. The maximum Gasteiger partial charge on any atom is 0.263 e. The minimum atomic E-state index is -0.416. The molecule has 1 N–H and O–H groups in total. The van der Waals surface area contributed by atoms with Crippen molar-refractivity contribution < 1.29 is 9.53 Å². The molecule has 132 valence electrons. The fourth-order valence-electron chi connectivity index (χ4n) is 2.72. The van der Waals surface area contributed by atoms with Crippen LogP contribution in [0.1, 0.15) is 21.5 Å². The van der Waals surface area contributed by atoms with Gasteiger partial charge in [0, 0.05) is 11.9 Å². The summed E-state index contributed by atoms with van der Waals surface area (Å²) in [6.45, 7) is 2.31. The lowest BCUT2D eigenvalue weighted by atomic mass is 10.2. The number of aromatic nitrogens is 1. The van der Waals surface area contributed by atoms with Crippen LogP contribution in [0.3, 0.4) is 0 Å². The van der Waals surface area contributed by atoms with Gasteiger partial charge in [-0.05, 0) is 54.4 Å². The van der Waals surface area contributed by atoms with Gasteiger partial charge in [0.25, 0.3) is 11.5 Å². The summed E-state index contributed by atoms with van der Waals surface area (Å²) in [6, 6.07) is 18.2. The summed E-state index contributed by atoms with van der Waals surface area (Å²) in [5.41, 5.74) is 2.39. The third-order valence-electron chi connectivity index (χ3n) is 4.03. The first kappa shape index (κ1) is 17.5.